The third kappa shape index (κ3) is 5.34. The summed E-state index contributed by atoms with van der Waals surface area (Å²) in [5.74, 6) is 0.00179. The van der Waals surface area contributed by atoms with Crippen LogP contribution in [0.15, 0.2) is 0 Å². The van der Waals surface area contributed by atoms with E-state index in [1.807, 2.05) is 11.8 Å². The van der Waals surface area contributed by atoms with Gasteiger partial charge in [0.05, 0.1) is 13.2 Å². The Bertz CT molecular complexity index is 328. The lowest BCUT2D eigenvalue weighted by atomic mass is 10.3. The Morgan fingerprint density at radius 1 is 1.25 bits per heavy atom. The second-order valence-electron chi connectivity index (χ2n) is 5.36. The van der Waals surface area contributed by atoms with Crippen LogP contribution in [0.2, 0.25) is 0 Å². The Kier molecular flexibility index (Phi) is 6.74. The Hall–Kier alpha value is -1.34. The van der Waals surface area contributed by atoms with Crippen LogP contribution in [-0.2, 0) is 9.53 Å². The van der Waals surface area contributed by atoms with Gasteiger partial charge in [-0.1, -0.05) is 0 Å². The standard InChI is InChI=1S/C13H26N4O3/c1-11(10-20-4)14-12(18)9-16-5-7-17(8-6-16)13(19)15(2)3/h11H,5-10H2,1-4H3,(H,14,18)/t11-/m1/s1. The Labute approximate surface area is 120 Å². The molecule has 0 aliphatic carbocycles. The quantitative estimate of drug-likeness (QED) is 0.735. The van der Waals surface area contributed by atoms with E-state index in [-0.39, 0.29) is 18.0 Å². The molecule has 1 atom stereocenters. The zero-order valence-corrected chi connectivity index (χ0v) is 12.9. The molecule has 1 heterocycles. The number of hydrogen-bond acceptors (Lipinski definition) is 4. The van der Waals surface area contributed by atoms with Crippen molar-refractivity contribution in [1.82, 2.24) is 20.0 Å². The van der Waals surface area contributed by atoms with E-state index in [2.05, 4.69) is 10.2 Å². The summed E-state index contributed by atoms with van der Waals surface area (Å²) < 4.78 is 4.98. The molecule has 1 rings (SSSR count). The highest BCUT2D eigenvalue weighted by atomic mass is 16.5. The summed E-state index contributed by atoms with van der Waals surface area (Å²) in [5, 5.41) is 2.89. The number of ether oxygens (including phenoxy) is 1. The minimum Gasteiger partial charge on any atom is -0.383 e. The topological polar surface area (TPSA) is 65.1 Å². The fourth-order valence-corrected chi connectivity index (χ4v) is 2.20. The summed E-state index contributed by atoms with van der Waals surface area (Å²) in [6.07, 6.45) is 0. The van der Waals surface area contributed by atoms with E-state index in [1.165, 1.54) is 0 Å². The average Bonchev–Trinajstić information content (AvgIpc) is 2.38. The third-order valence-electron chi connectivity index (χ3n) is 3.22. The van der Waals surface area contributed by atoms with Gasteiger partial charge in [-0.3, -0.25) is 9.69 Å². The molecule has 0 saturated carbocycles. The molecule has 1 aliphatic heterocycles. The number of nitrogens with zero attached hydrogens (tertiary/aromatic N) is 3. The molecule has 7 nitrogen and oxygen atoms in total. The van der Waals surface area contributed by atoms with E-state index in [1.54, 1.807) is 26.1 Å². The van der Waals surface area contributed by atoms with Gasteiger partial charge < -0.3 is 19.9 Å². The maximum atomic E-state index is 11.8. The molecule has 7 heteroatoms. The Morgan fingerprint density at radius 3 is 2.35 bits per heavy atom. The van der Waals surface area contributed by atoms with Crippen molar-refractivity contribution in [2.24, 2.45) is 0 Å². The van der Waals surface area contributed by atoms with E-state index in [9.17, 15) is 9.59 Å². The highest BCUT2D eigenvalue weighted by Crippen LogP contribution is 2.03. The predicted octanol–water partition coefficient (Wildman–Crippen LogP) is -0.563. The zero-order chi connectivity index (χ0) is 15.1. The predicted molar refractivity (Wildman–Crippen MR) is 76.6 cm³/mol. The lowest BCUT2D eigenvalue weighted by molar-refractivity contribution is -0.123. The number of methoxy groups -OCH3 is 1. The van der Waals surface area contributed by atoms with Crippen LogP contribution in [-0.4, -0.2) is 93.2 Å². The smallest absolute Gasteiger partial charge is 0.319 e. The average molecular weight is 286 g/mol. The Balaban J connectivity index is 2.28. The molecule has 0 aromatic rings. The van der Waals surface area contributed by atoms with Crippen molar-refractivity contribution in [3.8, 4) is 0 Å². The van der Waals surface area contributed by atoms with Crippen LogP contribution in [0.25, 0.3) is 0 Å². The first kappa shape index (κ1) is 16.7. The van der Waals surface area contributed by atoms with Crippen LogP contribution in [0.4, 0.5) is 4.79 Å². The molecule has 3 amide bonds. The van der Waals surface area contributed by atoms with E-state index in [0.717, 1.165) is 13.1 Å². The van der Waals surface area contributed by atoms with Gasteiger partial charge in [0.1, 0.15) is 0 Å². The van der Waals surface area contributed by atoms with Crippen LogP contribution < -0.4 is 5.32 Å². The molecule has 0 unspecified atom stereocenters. The van der Waals surface area contributed by atoms with Gasteiger partial charge in [0, 0.05) is 53.4 Å². The third-order valence-corrected chi connectivity index (χ3v) is 3.22. The summed E-state index contributed by atoms with van der Waals surface area (Å²) >= 11 is 0. The van der Waals surface area contributed by atoms with Crippen LogP contribution in [0.1, 0.15) is 6.92 Å². The summed E-state index contributed by atoms with van der Waals surface area (Å²) in [4.78, 5) is 29.1. The second-order valence-corrected chi connectivity index (χ2v) is 5.36. The van der Waals surface area contributed by atoms with Crippen LogP contribution >= 0.6 is 0 Å². The lowest BCUT2D eigenvalue weighted by Gasteiger charge is -2.35. The molecule has 0 radical (unpaired) electrons. The number of nitrogens with one attached hydrogen (secondary N) is 1. The van der Waals surface area contributed by atoms with Gasteiger partial charge in [-0.05, 0) is 6.92 Å². The number of rotatable bonds is 5. The second kappa shape index (κ2) is 8.06. The molecular formula is C13H26N4O3. The first-order chi connectivity index (χ1) is 9.43. The van der Waals surface area contributed by atoms with Gasteiger partial charge in [-0.25, -0.2) is 4.79 Å². The van der Waals surface area contributed by atoms with E-state index >= 15 is 0 Å². The highest BCUT2D eigenvalue weighted by Gasteiger charge is 2.23. The molecule has 0 aromatic carbocycles. The van der Waals surface area contributed by atoms with Crippen molar-refractivity contribution in [1.29, 1.82) is 0 Å². The van der Waals surface area contributed by atoms with E-state index in [4.69, 9.17) is 4.74 Å². The van der Waals surface area contributed by atoms with Crippen molar-refractivity contribution < 1.29 is 14.3 Å². The fraction of sp³-hybridized carbons (Fsp3) is 0.846. The fourth-order valence-electron chi connectivity index (χ4n) is 2.20. The molecule has 116 valence electrons. The largest absolute Gasteiger partial charge is 0.383 e. The summed E-state index contributed by atoms with van der Waals surface area (Å²) in [6, 6.07) is 0.0481. The highest BCUT2D eigenvalue weighted by molar-refractivity contribution is 5.78. The van der Waals surface area contributed by atoms with Crippen molar-refractivity contribution in [3.63, 3.8) is 0 Å². The number of urea groups is 1. The minimum atomic E-state index is 0.00179. The normalized spacial score (nSPS) is 17.7. The van der Waals surface area contributed by atoms with Crippen LogP contribution in [0.5, 0.6) is 0 Å². The maximum absolute atomic E-state index is 11.8. The molecule has 0 aromatic heterocycles. The lowest BCUT2D eigenvalue weighted by Crippen LogP contribution is -2.53. The van der Waals surface area contributed by atoms with Gasteiger partial charge in [0.15, 0.2) is 0 Å². The van der Waals surface area contributed by atoms with Gasteiger partial charge in [0.25, 0.3) is 0 Å². The van der Waals surface area contributed by atoms with Crippen molar-refractivity contribution in [3.05, 3.63) is 0 Å². The Morgan fingerprint density at radius 2 is 1.85 bits per heavy atom. The molecule has 1 N–H and O–H groups in total. The van der Waals surface area contributed by atoms with Crippen molar-refractivity contribution in [2.45, 2.75) is 13.0 Å². The van der Waals surface area contributed by atoms with Crippen LogP contribution in [0.3, 0.4) is 0 Å². The molecule has 1 fully saturated rings. The van der Waals surface area contributed by atoms with Gasteiger partial charge >= 0.3 is 6.03 Å². The summed E-state index contributed by atoms with van der Waals surface area (Å²) in [7, 11) is 5.11. The van der Waals surface area contributed by atoms with E-state index in [0.29, 0.717) is 26.2 Å². The first-order valence-corrected chi connectivity index (χ1v) is 6.91. The number of carbonyl (C=O) groups is 2. The van der Waals surface area contributed by atoms with Gasteiger partial charge in [-0.2, -0.15) is 0 Å². The first-order valence-electron chi connectivity index (χ1n) is 6.91. The van der Waals surface area contributed by atoms with Crippen molar-refractivity contribution >= 4 is 11.9 Å². The monoisotopic (exact) mass is 286 g/mol. The van der Waals surface area contributed by atoms with Gasteiger partial charge in [0.2, 0.25) is 5.91 Å². The summed E-state index contributed by atoms with van der Waals surface area (Å²) in [6.45, 7) is 5.58. The minimum absolute atomic E-state index is 0.00179. The zero-order valence-electron chi connectivity index (χ0n) is 12.9. The van der Waals surface area contributed by atoms with Gasteiger partial charge in [-0.15, -0.1) is 0 Å². The number of carbonyl (C=O) groups excluding carboxylic acids is 2. The number of hydrogen-bond donors (Lipinski definition) is 1. The molecule has 1 aliphatic rings. The van der Waals surface area contributed by atoms with Crippen molar-refractivity contribution in [2.75, 3.05) is 60.5 Å². The van der Waals surface area contributed by atoms with E-state index < -0.39 is 0 Å². The molecule has 20 heavy (non-hydrogen) atoms. The van der Waals surface area contributed by atoms with Crippen LogP contribution in [0, 0.1) is 0 Å². The maximum Gasteiger partial charge on any atom is 0.319 e. The number of piperazine rings is 1. The molecular weight excluding hydrogens is 260 g/mol. The molecule has 0 bridgehead atoms. The molecule has 1 saturated heterocycles. The number of amides is 3. The SMILES string of the molecule is COC[C@@H](C)NC(=O)CN1CCN(C(=O)N(C)C)CC1. The molecule has 0 spiro atoms. The summed E-state index contributed by atoms with van der Waals surface area (Å²) in [5.41, 5.74) is 0.